The Labute approximate surface area is 280 Å². The van der Waals surface area contributed by atoms with E-state index in [9.17, 15) is 18.0 Å². The molecule has 1 atom stereocenters. The first-order valence-electron chi connectivity index (χ1n) is 15.0. The number of amides is 2. The summed E-state index contributed by atoms with van der Waals surface area (Å²) >= 11 is 12.4. The highest BCUT2D eigenvalue weighted by Gasteiger charge is 2.33. The molecule has 242 valence electrons. The number of sulfonamides is 1. The third-order valence-electron chi connectivity index (χ3n) is 7.26. The topological polar surface area (TPSA) is 96.0 Å². The minimum Gasteiger partial charge on any atom is -0.457 e. The van der Waals surface area contributed by atoms with E-state index in [1.807, 2.05) is 44.2 Å². The second-order valence-electron chi connectivity index (χ2n) is 10.7. The van der Waals surface area contributed by atoms with Crippen LogP contribution in [0.3, 0.4) is 0 Å². The number of nitrogens with one attached hydrogen (secondary N) is 1. The summed E-state index contributed by atoms with van der Waals surface area (Å²) in [5, 5.41) is 3.53. The van der Waals surface area contributed by atoms with Crippen LogP contribution in [-0.2, 0) is 26.2 Å². The summed E-state index contributed by atoms with van der Waals surface area (Å²) in [6.45, 7) is 5.49. The fraction of sp³-hybridized carbons (Fsp3) is 0.257. The average molecular weight is 683 g/mol. The van der Waals surface area contributed by atoms with Crippen molar-refractivity contribution in [2.45, 2.75) is 51.1 Å². The molecular weight excluding hydrogens is 645 g/mol. The molecule has 1 N–H and O–H groups in total. The van der Waals surface area contributed by atoms with Gasteiger partial charge in [0.05, 0.1) is 20.6 Å². The van der Waals surface area contributed by atoms with Crippen molar-refractivity contribution in [1.29, 1.82) is 0 Å². The second kappa shape index (κ2) is 16.0. The summed E-state index contributed by atoms with van der Waals surface area (Å²) in [5.74, 6) is 0.228. The van der Waals surface area contributed by atoms with Crippen LogP contribution in [-0.4, -0.2) is 44.3 Å². The van der Waals surface area contributed by atoms with Crippen LogP contribution in [0, 0.1) is 6.92 Å². The molecule has 0 spiro atoms. The van der Waals surface area contributed by atoms with E-state index in [-0.39, 0.29) is 23.0 Å². The lowest BCUT2D eigenvalue weighted by Crippen LogP contribution is -2.52. The number of carbonyl (C=O) groups is 2. The fourth-order valence-electron chi connectivity index (χ4n) is 4.79. The van der Waals surface area contributed by atoms with Gasteiger partial charge in [-0.1, -0.05) is 79.0 Å². The summed E-state index contributed by atoms with van der Waals surface area (Å²) in [7, 11) is -4.22. The van der Waals surface area contributed by atoms with E-state index in [1.165, 1.54) is 17.0 Å². The maximum absolute atomic E-state index is 14.3. The molecule has 46 heavy (non-hydrogen) atoms. The zero-order chi connectivity index (χ0) is 33.3. The van der Waals surface area contributed by atoms with Crippen LogP contribution in [0.1, 0.15) is 37.8 Å². The van der Waals surface area contributed by atoms with Crippen LogP contribution in [0.2, 0.25) is 10.0 Å². The summed E-state index contributed by atoms with van der Waals surface area (Å²) in [4.78, 5) is 29.0. The molecule has 4 aromatic carbocycles. The molecule has 8 nitrogen and oxygen atoms in total. The Morgan fingerprint density at radius 1 is 0.848 bits per heavy atom. The molecule has 0 radical (unpaired) electrons. The molecule has 0 saturated heterocycles. The average Bonchev–Trinajstić information content (AvgIpc) is 3.05. The van der Waals surface area contributed by atoms with Crippen LogP contribution in [0.15, 0.2) is 102 Å². The summed E-state index contributed by atoms with van der Waals surface area (Å²) in [6, 6.07) is 26.2. The van der Waals surface area contributed by atoms with Gasteiger partial charge < -0.3 is 15.0 Å². The Kier molecular flexibility index (Phi) is 12.1. The van der Waals surface area contributed by atoms with E-state index < -0.39 is 28.5 Å². The number of ether oxygens (including phenoxy) is 1. The number of anilines is 1. The van der Waals surface area contributed by atoms with Gasteiger partial charge in [-0.15, -0.1) is 0 Å². The summed E-state index contributed by atoms with van der Waals surface area (Å²) in [6.07, 6.45) is 1.02. The molecule has 4 rings (SSSR count). The molecule has 0 aliphatic rings. The fourth-order valence-corrected chi connectivity index (χ4v) is 6.53. The molecular formula is C35H37Cl2N3O5S. The Balaban J connectivity index is 1.73. The smallest absolute Gasteiger partial charge is 0.264 e. The minimum absolute atomic E-state index is 0.00997. The third kappa shape index (κ3) is 8.81. The third-order valence-corrected chi connectivity index (χ3v) is 9.79. The zero-order valence-electron chi connectivity index (χ0n) is 26.0. The second-order valence-corrected chi connectivity index (χ2v) is 13.4. The van der Waals surface area contributed by atoms with Crippen LogP contribution >= 0.6 is 23.2 Å². The number of aryl methyl sites for hydroxylation is 1. The Bertz CT molecular complexity index is 1730. The molecule has 0 fully saturated rings. The van der Waals surface area contributed by atoms with E-state index in [2.05, 4.69) is 5.32 Å². The van der Waals surface area contributed by atoms with Crippen molar-refractivity contribution in [3.63, 3.8) is 0 Å². The Morgan fingerprint density at radius 2 is 1.50 bits per heavy atom. The standard InChI is InChI=1S/C35H37Cl2N3O5S/c1-4-21-38-35(42)33(5-2)39(23-26-13-20-31(36)32(37)22-26)34(41)24-40(46(43,44)30-18-11-25(3)12-19-30)27-14-16-29(17-15-27)45-28-9-7-6-8-10-28/h6-20,22,33H,4-5,21,23-24H2,1-3H3,(H,38,42). The van der Waals surface area contributed by atoms with E-state index in [0.29, 0.717) is 40.1 Å². The van der Waals surface area contributed by atoms with Gasteiger partial charge in [-0.2, -0.15) is 0 Å². The van der Waals surface area contributed by atoms with Crippen molar-refractivity contribution in [2.75, 3.05) is 17.4 Å². The van der Waals surface area contributed by atoms with Crippen molar-refractivity contribution in [1.82, 2.24) is 10.2 Å². The van der Waals surface area contributed by atoms with E-state index >= 15 is 0 Å². The number of rotatable bonds is 14. The van der Waals surface area contributed by atoms with E-state index in [0.717, 1.165) is 16.3 Å². The zero-order valence-corrected chi connectivity index (χ0v) is 28.3. The Hall–Kier alpha value is -4.05. The first-order chi connectivity index (χ1) is 22.0. The molecule has 0 aliphatic heterocycles. The van der Waals surface area contributed by atoms with Gasteiger partial charge in [0.15, 0.2) is 0 Å². The van der Waals surface area contributed by atoms with Gasteiger partial charge in [-0.3, -0.25) is 13.9 Å². The van der Waals surface area contributed by atoms with Crippen LogP contribution in [0.4, 0.5) is 5.69 Å². The minimum atomic E-state index is -4.22. The van der Waals surface area contributed by atoms with Gasteiger partial charge in [0.25, 0.3) is 10.0 Å². The number of hydrogen-bond acceptors (Lipinski definition) is 5. The highest BCUT2D eigenvalue weighted by Crippen LogP contribution is 2.29. The molecule has 11 heteroatoms. The lowest BCUT2D eigenvalue weighted by atomic mass is 10.1. The molecule has 2 amide bonds. The summed E-state index contributed by atoms with van der Waals surface area (Å²) < 4.78 is 35.2. The van der Waals surface area contributed by atoms with Gasteiger partial charge >= 0.3 is 0 Å². The van der Waals surface area contributed by atoms with Crippen LogP contribution in [0.25, 0.3) is 0 Å². The van der Waals surface area contributed by atoms with Crippen molar-refractivity contribution in [3.05, 3.63) is 118 Å². The van der Waals surface area contributed by atoms with Crippen molar-refractivity contribution in [3.8, 4) is 11.5 Å². The van der Waals surface area contributed by atoms with E-state index in [1.54, 1.807) is 61.5 Å². The molecule has 0 heterocycles. The maximum Gasteiger partial charge on any atom is 0.264 e. The predicted molar refractivity (Wildman–Crippen MR) is 183 cm³/mol. The quantitative estimate of drug-likeness (QED) is 0.148. The van der Waals surface area contributed by atoms with Crippen LogP contribution in [0.5, 0.6) is 11.5 Å². The van der Waals surface area contributed by atoms with Crippen molar-refractivity contribution < 1.29 is 22.7 Å². The highest BCUT2D eigenvalue weighted by molar-refractivity contribution is 7.92. The Morgan fingerprint density at radius 3 is 2.11 bits per heavy atom. The lowest BCUT2D eigenvalue weighted by Gasteiger charge is -2.33. The van der Waals surface area contributed by atoms with Crippen molar-refractivity contribution in [2.24, 2.45) is 0 Å². The van der Waals surface area contributed by atoms with Crippen molar-refractivity contribution >= 4 is 50.7 Å². The largest absolute Gasteiger partial charge is 0.457 e. The van der Waals surface area contributed by atoms with Crippen LogP contribution < -0.4 is 14.4 Å². The molecule has 0 saturated carbocycles. The molecule has 0 aromatic heterocycles. The number of benzene rings is 4. The van der Waals surface area contributed by atoms with E-state index in [4.69, 9.17) is 27.9 Å². The first-order valence-corrected chi connectivity index (χ1v) is 17.2. The number of halogens is 2. The number of para-hydroxylation sites is 1. The maximum atomic E-state index is 14.3. The summed E-state index contributed by atoms with van der Waals surface area (Å²) in [5.41, 5.74) is 1.79. The number of hydrogen-bond donors (Lipinski definition) is 1. The predicted octanol–water partition coefficient (Wildman–Crippen LogP) is 7.62. The normalized spacial score (nSPS) is 11.8. The molecule has 0 bridgehead atoms. The number of carbonyl (C=O) groups excluding carboxylic acids is 2. The first kappa shape index (κ1) is 34.8. The highest BCUT2D eigenvalue weighted by atomic mass is 35.5. The van der Waals surface area contributed by atoms with Gasteiger partial charge in [0.2, 0.25) is 11.8 Å². The van der Waals surface area contributed by atoms with Gasteiger partial charge in [0.1, 0.15) is 24.1 Å². The SMILES string of the molecule is CCCNC(=O)C(CC)N(Cc1ccc(Cl)c(Cl)c1)C(=O)CN(c1ccc(Oc2ccccc2)cc1)S(=O)(=O)c1ccc(C)cc1. The molecule has 0 aliphatic carbocycles. The molecule has 4 aromatic rings. The monoisotopic (exact) mass is 681 g/mol. The number of nitrogens with zero attached hydrogens (tertiary/aromatic N) is 2. The van der Waals surface area contributed by atoms with Gasteiger partial charge in [-0.25, -0.2) is 8.42 Å². The van der Waals surface area contributed by atoms with Gasteiger partial charge in [0, 0.05) is 13.1 Å². The van der Waals surface area contributed by atoms with Gasteiger partial charge in [-0.05, 0) is 86.0 Å². The molecule has 1 unspecified atom stereocenters. The lowest BCUT2D eigenvalue weighted by molar-refractivity contribution is -0.140.